The molecule has 0 bridgehead atoms. The van der Waals surface area contributed by atoms with Crippen molar-refractivity contribution < 1.29 is 4.79 Å². The molecule has 1 heteroatoms. The molecule has 0 aliphatic carbocycles. The molecular weight excluding hydrogens is 448 g/mol. The molecule has 0 fully saturated rings. The van der Waals surface area contributed by atoms with E-state index < -0.39 is 0 Å². The highest BCUT2D eigenvalue weighted by molar-refractivity contribution is 5.78. The minimum atomic E-state index is 0.503. The van der Waals surface area contributed by atoms with E-state index >= 15 is 0 Å². The molecule has 0 aliphatic rings. The quantitative estimate of drug-likeness (QED) is 0.0786. The van der Waals surface area contributed by atoms with Gasteiger partial charge in [0, 0.05) is 12.8 Å². The number of Topliss-reactive ketones (excluding diaryl/α,β-unsaturated/α-hetero) is 1. The van der Waals surface area contributed by atoms with Crippen molar-refractivity contribution >= 4 is 5.78 Å². The van der Waals surface area contributed by atoms with E-state index in [2.05, 4.69) is 13.8 Å². The van der Waals surface area contributed by atoms with Crippen LogP contribution in [-0.4, -0.2) is 5.78 Å². The molecule has 0 rings (SSSR count). The fraction of sp³-hybridized carbons (Fsp3) is 0.972. The average Bonchev–Trinajstić information content (AvgIpc) is 2.90. The number of rotatable bonds is 33. The molecule has 0 aromatic heterocycles. The normalized spacial score (nSPS) is 11.4. The van der Waals surface area contributed by atoms with Crippen LogP contribution in [0.25, 0.3) is 0 Å². The first-order valence-electron chi connectivity index (χ1n) is 17.8. The Labute approximate surface area is 236 Å². The van der Waals surface area contributed by atoms with Crippen LogP contribution in [0.3, 0.4) is 0 Å². The smallest absolute Gasteiger partial charge is 0.132 e. The van der Waals surface area contributed by atoms with Crippen LogP contribution in [0.5, 0.6) is 0 Å². The maximum absolute atomic E-state index is 11.8. The second kappa shape index (κ2) is 33.7. The van der Waals surface area contributed by atoms with Crippen LogP contribution >= 0.6 is 0 Å². The fourth-order valence-corrected chi connectivity index (χ4v) is 5.69. The van der Waals surface area contributed by atoms with Crippen molar-refractivity contribution in [3.8, 4) is 0 Å². The molecule has 0 aromatic carbocycles. The molecule has 222 valence electrons. The van der Waals surface area contributed by atoms with Crippen molar-refractivity contribution in [2.75, 3.05) is 0 Å². The van der Waals surface area contributed by atoms with Gasteiger partial charge in [0.15, 0.2) is 0 Å². The predicted octanol–water partition coefficient (Wildman–Crippen LogP) is 13.5. The third kappa shape index (κ3) is 33.6. The molecule has 0 atom stereocenters. The molecule has 0 unspecified atom stereocenters. The zero-order valence-electron chi connectivity index (χ0n) is 26.2. The molecule has 37 heavy (non-hydrogen) atoms. The summed E-state index contributed by atoms with van der Waals surface area (Å²) in [6, 6.07) is 0. The van der Waals surface area contributed by atoms with Crippen LogP contribution in [0.2, 0.25) is 0 Å². The van der Waals surface area contributed by atoms with Gasteiger partial charge in [-0.15, -0.1) is 0 Å². The SMILES string of the molecule is CCCCCCCCCCCCCCCCCCCCCCCCCCCCCCC(=O)CCCCC. The average molecular weight is 521 g/mol. The van der Waals surface area contributed by atoms with E-state index in [9.17, 15) is 4.79 Å². The molecule has 0 radical (unpaired) electrons. The Kier molecular flexibility index (Phi) is 33.4. The van der Waals surface area contributed by atoms with E-state index in [0.29, 0.717) is 5.78 Å². The first-order valence-corrected chi connectivity index (χ1v) is 17.8. The molecular formula is C36H72O. The summed E-state index contributed by atoms with van der Waals surface area (Å²) in [6.45, 7) is 4.51. The van der Waals surface area contributed by atoms with Crippen LogP contribution < -0.4 is 0 Å². The summed E-state index contributed by atoms with van der Waals surface area (Å²) in [5.41, 5.74) is 0. The van der Waals surface area contributed by atoms with Crippen molar-refractivity contribution in [1.29, 1.82) is 0 Å². The second-order valence-electron chi connectivity index (χ2n) is 12.3. The molecule has 0 spiro atoms. The van der Waals surface area contributed by atoms with Crippen LogP contribution in [0.4, 0.5) is 0 Å². The zero-order chi connectivity index (χ0) is 26.9. The lowest BCUT2D eigenvalue weighted by atomic mass is 10.0. The summed E-state index contributed by atoms with van der Waals surface area (Å²) in [5.74, 6) is 0.503. The van der Waals surface area contributed by atoms with Gasteiger partial charge in [0.2, 0.25) is 0 Å². The largest absolute Gasteiger partial charge is 0.300 e. The number of unbranched alkanes of at least 4 members (excludes halogenated alkanes) is 29. The van der Waals surface area contributed by atoms with E-state index in [1.54, 1.807) is 0 Å². The highest BCUT2D eigenvalue weighted by Crippen LogP contribution is 2.16. The minimum Gasteiger partial charge on any atom is -0.300 e. The summed E-state index contributed by atoms with van der Waals surface area (Å²) < 4.78 is 0. The van der Waals surface area contributed by atoms with Crippen molar-refractivity contribution in [1.82, 2.24) is 0 Å². The standard InChI is InChI=1S/C36H72O/c1-3-5-7-8-9-10-11-12-13-14-15-16-17-18-19-20-21-22-23-24-25-26-27-28-29-30-31-33-35-36(37)34-32-6-4-2/h3-35H2,1-2H3. The Morgan fingerprint density at radius 3 is 0.676 bits per heavy atom. The highest BCUT2D eigenvalue weighted by Gasteiger charge is 2.01. The van der Waals surface area contributed by atoms with Gasteiger partial charge in [0.1, 0.15) is 5.78 Å². The van der Waals surface area contributed by atoms with E-state index in [0.717, 1.165) is 25.7 Å². The molecule has 0 heterocycles. The third-order valence-electron chi connectivity index (χ3n) is 8.37. The van der Waals surface area contributed by atoms with E-state index in [4.69, 9.17) is 0 Å². The van der Waals surface area contributed by atoms with Gasteiger partial charge in [-0.05, 0) is 12.8 Å². The first-order chi connectivity index (χ1) is 18.3. The number of hydrogen-bond acceptors (Lipinski definition) is 1. The maximum Gasteiger partial charge on any atom is 0.132 e. The highest BCUT2D eigenvalue weighted by atomic mass is 16.1. The molecule has 0 saturated heterocycles. The molecule has 0 aromatic rings. The summed E-state index contributed by atoms with van der Waals surface area (Å²) in [5, 5.41) is 0. The van der Waals surface area contributed by atoms with E-state index in [1.807, 2.05) is 0 Å². The monoisotopic (exact) mass is 521 g/mol. The lowest BCUT2D eigenvalue weighted by Crippen LogP contribution is -1.97. The third-order valence-corrected chi connectivity index (χ3v) is 8.37. The lowest BCUT2D eigenvalue weighted by Gasteiger charge is -2.04. The Morgan fingerprint density at radius 2 is 0.432 bits per heavy atom. The van der Waals surface area contributed by atoms with Crippen LogP contribution in [-0.2, 0) is 4.79 Å². The molecule has 0 aliphatic heterocycles. The van der Waals surface area contributed by atoms with Gasteiger partial charge < -0.3 is 0 Å². The summed E-state index contributed by atoms with van der Waals surface area (Å²) in [6.07, 6.45) is 45.4. The van der Waals surface area contributed by atoms with Gasteiger partial charge in [0.25, 0.3) is 0 Å². The van der Waals surface area contributed by atoms with Gasteiger partial charge in [-0.25, -0.2) is 0 Å². The molecule has 1 nitrogen and oxygen atoms in total. The van der Waals surface area contributed by atoms with Gasteiger partial charge in [-0.1, -0.05) is 200 Å². The summed E-state index contributed by atoms with van der Waals surface area (Å²) in [4.78, 5) is 11.8. The topological polar surface area (TPSA) is 17.1 Å². The van der Waals surface area contributed by atoms with Crippen LogP contribution in [0.1, 0.15) is 226 Å². The molecule has 0 amide bonds. The van der Waals surface area contributed by atoms with Gasteiger partial charge >= 0.3 is 0 Å². The van der Waals surface area contributed by atoms with Crippen LogP contribution in [0.15, 0.2) is 0 Å². The van der Waals surface area contributed by atoms with E-state index in [1.165, 1.54) is 186 Å². The maximum atomic E-state index is 11.8. The second-order valence-corrected chi connectivity index (χ2v) is 12.3. The minimum absolute atomic E-state index is 0.503. The van der Waals surface area contributed by atoms with Crippen molar-refractivity contribution in [3.63, 3.8) is 0 Å². The van der Waals surface area contributed by atoms with Crippen molar-refractivity contribution in [2.45, 2.75) is 226 Å². The van der Waals surface area contributed by atoms with Crippen molar-refractivity contribution in [3.05, 3.63) is 0 Å². The molecule has 0 N–H and O–H groups in total. The summed E-state index contributed by atoms with van der Waals surface area (Å²) >= 11 is 0. The number of hydrogen-bond donors (Lipinski definition) is 0. The summed E-state index contributed by atoms with van der Waals surface area (Å²) in [7, 11) is 0. The molecule has 0 saturated carbocycles. The predicted molar refractivity (Wildman–Crippen MR) is 169 cm³/mol. The Hall–Kier alpha value is -0.330. The first kappa shape index (κ1) is 36.7. The lowest BCUT2D eigenvalue weighted by molar-refractivity contribution is -0.119. The Balaban J connectivity index is 3.06. The Morgan fingerprint density at radius 1 is 0.270 bits per heavy atom. The number of carbonyl (C=O) groups excluding carboxylic acids is 1. The van der Waals surface area contributed by atoms with Crippen LogP contribution in [0, 0.1) is 0 Å². The number of ketones is 1. The van der Waals surface area contributed by atoms with Gasteiger partial charge in [-0.3, -0.25) is 4.79 Å². The number of carbonyl (C=O) groups is 1. The van der Waals surface area contributed by atoms with Crippen molar-refractivity contribution in [2.24, 2.45) is 0 Å². The van der Waals surface area contributed by atoms with Gasteiger partial charge in [-0.2, -0.15) is 0 Å². The fourth-order valence-electron chi connectivity index (χ4n) is 5.69. The van der Waals surface area contributed by atoms with E-state index in [-0.39, 0.29) is 0 Å². The van der Waals surface area contributed by atoms with Gasteiger partial charge in [0.05, 0.1) is 0 Å². The Bertz CT molecular complexity index is 415. The zero-order valence-corrected chi connectivity index (χ0v) is 26.2.